The van der Waals surface area contributed by atoms with E-state index < -0.39 is 66.4 Å². The minimum atomic E-state index is -0.868. The summed E-state index contributed by atoms with van der Waals surface area (Å²) in [7, 11) is 5.13. The molecule has 0 aromatic heterocycles. The molecule has 10 aliphatic rings. The highest BCUT2D eigenvalue weighted by molar-refractivity contribution is 5.92. The average molecular weight is 1120 g/mol. The Morgan fingerprint density at radius 1 is 0.812 bits per heavy atom. The summed E-state index contributed by atoms with van der Waals surface area (Å²) in [5.41, 5.74) is 8.44. The number of ketones is 1. The van der Waals surface area contributed by atoms with Gasteiger partial charge in [-0.05, 0) is 107 Å². The van der Waals surface area contributed by atoms with Gasteiger partial charge in [-0.3, -0.25) is 19.3 Å². The van der Waals surface area contributed by atoms with E-state index in [1.165, 1.54) is 0 Å². The fourth-order valence-electron chi connectivity index (χ4n) is 13.9. The van der Waals surface area contributed by atoms with Gasteiger partial charge in [0.2, 0.25) is 5.91 Å². The highest BCUT2D eigenvalue weighted by Gasteiger charge is 2.69. The van der Waals surface area contributed by atoms with Crippen molar-refractivity contribution in [1.82, 2.24) is 15.5 Å². The summed E-state index contributed by atoms with van der Waals surface area (Å²) in [5, 5.41) is 8.20. The molecule has 1 aromatic carbocycles. The van der Waals surface area contributed by atoms with Crippen molar-refractivity contribution in [1.29, 1.82) is 0 Å². The number of esters is 1. The van der Waals surface area contributed by atoms with Crippen LogP contribution in [-0.4, -0.2) is 179 Å². The minimum Gasteiger partial charge on any atom is -0.459 e. The molecule has 10 saturated heterocycles. The topological polar surface area (TPSA) is 252 Å². The summed E-state index contributed by atoms with van der Waals surface area (Å²) in [6.07, 6.45) is 2.27. The van der Waals surface area contributed by atoms with Crippen LogP contribution in [0.1, 0.15) is 116 Å². The van der Waals surface area contributed by atoms with E-state index in [4.69, 9.17) is 57.8 Å². The van der Waals surface area contributed by atoms with E-state index in [0.29, 0.717) is 62.7 Å². The summed E-state index contributed by atoms with van der Waals surface area (Å²) in [4.78, 5) is 66.7. The average Bonchev–Trinajstić information content (AvgIpc) is 4.12. The number of alkyl carbamates (subject to hydrolysis) is 1. The van der Waals surface area contributed by atoms with Gasteiger partial charge in [0.25, 0.3) is 0 Å². The van der Waals surface area contributed by atoms with Gasteiger partial charge in [-0.15, -0.1) is 0 Å². The number of anilines is 1. The summed E-state index contributed by atoms with van der Waals surface area (Å²) < 4.78 is 72.8. The molecule has 5 N–H and O–H groups in total. The zero-order valence-electron chi connectivity index (χ0n) is 47.2. The summed E-state index contributed by atoms with van der Waals surface area (Å²) in [6.45, 7) is 13.2. The molecule has 10 fully saturated rings. The number of fused-ring (bicyclic) bond motifs is 6. The first-order valence-corrected chi connectivity index (χ1v) is 29.3. The van der Waals surface area contributed by atoms with E-state index in [9.17, 15) is 24.0 Å². The number of rotatable bonds is 16. The molecule has 80 heavy (non-hydrogen) atoms. The molecule has 21 heteroatoms. The van der Waals surface area contributed by atoms with E-state index in [2.05, 4.69) is 36.0 Å². The van der Waals surface area contributed by atoms with Gasteiger partial charge in [0.05, 0.1) is 74.1 Å². The van der Waals surface area contributed by atoms with E-state index in [1.807, 2.05) is 6.92 Å². The number of urea groups is 1. The maximum absolute atomic E-state index is 14.6. The lowest BCUT2D eigenvalue weighted by Crippen LogP contribution is -2.61. The van der Waals surface area contributed by atoms with Crippen LogP contribution >= 0.6 is 0 Å². The van der Waals surface area contributed by atoms with Gasteiger partial charge in [-0.1, -0.05) is 39.1 Å². The Labute approximate surface area is 469 Å². The predicted octanol–water partition coefficient (Wildman–Crippen LogP) is 5.54. The third-order valence-electron chi connectivity index (χ3n) is 18.1. The monoisotopic (exact) mass is 1120 g/mol. The molecule has 0 aliphatic carbocycles. The molecule has 10 heterocycles. The van der Waals surface area contributed by atoms with Crippen molar-refractivity contribution in [2.45, 2.75) is 220 Å². The van der Waals surface area contributed by atoms with Gasteiger partial charge in [0, 0.05) is 69.7 Å². The van der Waals surface area contributed by atoms with Gasteiger partial charge in [-0.2, -0.15) is 0 Å². The molecule has 4 amide bonds. The predicted molar refractivity (Wildman–Crippen MR) is 289 cm³/mol. The Balaban J connectivity index is 0.821. The first-order chi connectivity index (χ1) is 38.4. The lowest BCUT2D eigenvalue weighted by atomic mass is 9.81. The third kappa shape index (κ3) is 13.7. The standard InChI is InChI=1S/C59H85N5O16/c1-31(9-8-20-61-57(60)68)56(67)63-36-12-10-35(11-13-36)30-71-58(69)62-28-41(74-49(66)29-64(5)6)25-47-50(70-7)42-24-37(65)23-39-15-17-44-51(75-39)55-54-53(77-44)52-48(78-54)27-59(79-52,80-55)19-18-40-22-33(3)43(72-40)16-14-38-21-32(2)34(4)45(73-38)26-46(42)76-47/h10-13,31-32,38-48,50-55H,3-4,8-9,14-30H2,1-2,5-7H3,(H,62,69)(H,63,67)(H3,60,61,68)/t31-,32+,38-,39+,40-,41-,42-,43-,44-,45+,46-,47+,48+,50+,51-,52-,53-,54+,55-,59-/m0/s1. The van der Waals surface area contributed by atoms with Crippen LogP contribution < -0.4 is 21.7 Å². The van der Waals surface area contributed by atoms with Crippen molar-refractivity contribution in [2.24, 2.45) is 23.5 Å². The van der Waals surface area contributed by atoms with Crippen LogP contribution in [0.4, 0.5) is 15.3 Å². The molecule has 442 valence electrons. The number of ether oxygens (including phenoxy) is 11. The van der Waals surface area contributed by atoms with Crippen LogP contribution in [0.3, 0.4) is 0 Å². The SMILES string of the molecule is C=C1C[C@@H]2CC[C@@]34C[C@H]5O[C@H]6[C@@H](O3)[C@H]3O[C@H](CC[C@@H]3O[C@H]6[C@H]5O4)CC(=O)C[C@@H]3[C@@H](OC)[C@@H](C[C@@H](CNC(=O)OCc4ccc(NC(=O)[C@@H](C)CCCNC(N)=O)cc4)OC(=O)CN(C)C)O[C@H]3C[C@H]3O[C@@H](CC[C@@H]1O2)C[C@@H](C)C3=C. The second kappa shape index (κ2) is 25.5. The summed E-state index contributed by atoms with van der Waals surface area (Å²) in [5.74, 6) is -2.05. The van der Waals surface area contributed by atoms with Crippen LogP contribution in [0.5, 0.6) is 0 Å². The van der Waals surface area contributed by atoms with Crippen molar-refractivity contribution in [3.63, 3.8) is 0 Å². The molecule has 11 rings (SSSR count). The number of hydrogen-bond acceptors (Lipinski definition) is 17. The number of benzene rings is 1. The smallest absolute Gasteiger partial charge is 0.407 e. The lowest BCUT2D eigenvalue weighted by molar-refractivity contribution is -0.292. The summed E-state index contributed by atoms with van der Waals surface area (Å²) in [6, 6.07) is 6.33. The number of nitrogens with zero attached hydrogens (tertiary/aromatic N) is 1. The first kappa shape index (κ1) is 58.6. The van der Waals surface area contributed by atoms with Crippen LogP contribution in [0.15, 0.2) is 48.6 Å². The number of primary amides is 1. The molecule has 21 nitrogen and oxygen atoms in total. The first-order valence-electron chi connectivity index (χ1n) is 29.3. The maximum Gasteiger partial charge on any atom is 0.407 e. The molecule has 0 radical (unpaired) electrons. The molecule has 1 spiro atoms. The Hall–Kier alpha value is -4.55. The van der Waals surface area contributed by atoms with Crippen LogP contribution in [0, 0.1) is 17.8 Å². The fraction of sp³-hybridized carbons (Fsp3) is 0.746. The zero-order valence-corrected chi connectivity index (χ0v) is 47.2. The number of methoxy groups -OCH3 is 1. The van der Waals surface area contributed by atoms with E-state index in [0.717, 1.165) is 43.3 Å². The normalized spacial score (nSPS) is 38.2. The van der Waals surface area contributed by atoms with Crippen molar-refractivity contribution in [2.75, 3.05) is 46.2 Å². The van der Waals surface area contributed by atoms with Gasteiger partial charge in [0.1, 0.15) is 49.0 Å². The molecular formula is C59H85N5O16. The molecule has 10 aliphatic heterocycles. The number of hydrogen-bond donors (Lipinski definition) is 4. The minimum absolute atomic E-state index is 0.000435. The second-order valence-electron chi connectivity index (χ2n) is 24.4. The Bertz CT molecular complexity index is 2410. The molecular weight excluding hydrogens is 1030 g/mol. The number of carbonyl (C=O) groups excluding carboxylic acids is 5. The van der Waals surface area contributed by atoms with E-state index in [-0.39, 0.29) is 124 Å². The van der Waals surface area contributed by atoms with E-state index in [1.54, 1.807) is 50.4 Å². The Morgan fingerprint density at radius 3 is 2.33 bits per heavy atom. The highest BCUT2D eigenvalue weighted by Crippen LogP contribution is 2.54. The van der Waals surface area contributed by atoms with Crippen LogP contribution in [0.2, 0.25) is 0 Å². The van der Waals surface area contributed by atoms with Crippen molar-refractivity contribution >= 4 is 35.5 Å². The van der Waals surface area contributed by atoms with Crippen LogP contribution in [0.25, 0.3) is 0 Å². The van der Waals surface area contributed by atoms with Gasteiger partial charge in [-0.25, -0.2) is 9.59 Å². The van der Waals surface area contributed by atoms with E-state index >= 15 is 0 Å². The number of Topliss-reactive ketones (excluding diaryl/α,β-unsaturated/α-hetero) is 1. The maximum atomic E-state index is 14.6. The molecule has 12 bridgehead atoms. The highest BCUT2D eigenvalue weighted by atomic mass is 16.8. The van der Waals surface area contributed by atoms with Gasteiger partial charge < -0.3 is 73.8 Å². The molecule has 0 saturated carbocycles. The quantitative estimate of drug-likeness (QED) is 0.0901. The Morgan fingerprint density at radius 2 is 1.55 bits per heavy atom. The van der Waals surface area contributed by atoms with Crippen LogP contribution in [-0.2, 0) is 73.1 Å². The third-order valence-corrected chi connectivity index (χ3v) is 18.1. The second-order valence-corrected chi connectivity index (χ2v) is 24.4. The van der Waals surface area contributed by atoms with Crippen molar-refractivity contribution in [3.8, 4) is 0 Å². The Kier molecular flexibility index (Phi) is 18.7. The largest absolute Gasteiger partial charge is 0.459 e. The molecule has 20 atom stereocenters. The number of amides is 4. The fourth-order valence-corrected chi connectivity index (χ4v) is 13.9. The number of likely N-dealkylation sites (N-methyl/N-ethyl adjacent to an activating group) is 1. The number of carbonyl (C=O) groups is 5. The van der Waals surface area contributed by atoms with Gasteiger partial charge >= 0.3 is 18.1 Å². The molecule has 0 unspecified atom stereocenters. The summed E-state index contributed by atoms with van der Waals surface area (Å²) >= 11 is 0. The van der Waals surface area contributed by atoms with Crippen molar-refractivity contribution in [3.05, 3.63) is 54.1 Å². The number of nitrogens with two attached hydrogens (primary N) is 1. The number of nitrogens with one attached hydrogen (secondary N) is 3. The lowest BCUT2D eigenvalue weighted by Gasteiger charge is -2.47. The van der Waals surface area contributed by atoms with Crippen molar-refractivity contribution < 1.29 is 76.1 Å². The molecule has 1 aromatic rings. The zero-order chi connectivity index (χ0) is 56.4. The van der Waals surface area contributed by atoms with Gasteiger partial charge in [0.15, 0.2) is 5.79 Å².